The molecule has 1 spiro atoms. The van der Waals surface area contributed by atoms with Crippen LogP contribution in [0.2, 0.25) is 0 Å². The molecule has 1 heterocycles. The van der Waals surface area contributed by atoms with Gasteiger partial charge in [-0.1, -0.05) is 19.3 Å². The van der Waals surface area contributed by atoms with Crippen LogP contribution in [0.3, 0.4) is 0 Å². The van der Waals surface area contributed by atoms with Crippen LogP contribution in [0.1, 0.15) is 44.9 Å². The van der Waals surface area contributed by atoms with E-state index in [1.165, 1.54) is 4.90 Å². The van der Waals surface area contributed by atoms with Crippen molar-refractivity contribution in [2.75, 3.05) is 26.8 Å². The van der Waals surface area contributed by atoms with E-state index in [2.05, 4.69) is 10.6 Å². The van der Waals surface area contributed by atoms with Crippen molar-refractivity contribution in [1.29, 1.82) is 0 Å². The molecule has 2 rings (SSSR count). The second kappa shape index (κ2) is 7.58. The molecule has 0 radical (unpaired) electrons. The number of hydrogen-bond acceptors (Lipinski definition) is 4. The monoisotopic (exact) mass is 311 g/mol. The quantitative estimate of drug-likeness (QED) is 0.537. The van der Waals surface area contributed by atoms with Crippen LogP contribution in [-0.2, 0) is 14.3 Å². The number of methoxy groups -OCH3 is 1. The molecule has 0 aromatic rings. The van der Waals surface area contributed by atoms with Gasteiger partial charge in [-0.15, -0.1) is 0 Å². The van der Waals surface area contributed by atoms with E-state index in [4.69, 9.17) is 4.74 Å². The molecule has 0 bridgehead atoms. The van der Waals surface area contributed by atoms with E-state index in [0.29, 0.717) is 26.0 Å². The van der Waals surface area contributed by atoms with Crippen LogP contribution in [0.4, 0.5) is 4.79 Å². The molecular weight excluding hydrogens is 286 g/mol. The van der Waals surface area contributed by atoms with E-state index >= 15 is 0 Å². The van der Waals surface area contributed by atoms with Crippen molar-refractivity contribution in [2.24, 2.45) is 0 Å². The van der Waals surface area contributed by atoms with Crippen molar-refractivity contribution in [1.82, 2.24) is 15.5 Å². The summed E-state index contributed by atoms with van der Waals surface area (Å²) in [6.07, 6.45) is 5.32. The average molecular weight is 311 g/mol. The van der Waals surface area contributed by atoms with Gasteiger partial charge in [-0.25, -0.2) is 4.79 Å². The standard InChI is InChI=1S/C15H25N3O4/c1-22-11-5-9-16-12(19)6-10-18-13(20)15(17-14(18)21)7-3-2-4-8-15/h2-11H2,1H3,(H,16,19)(H,17,21). The minimum atomic E-state index is -0.704. The third kappa shape index (κ3) is 3.76. The zero-order valence-corrected chi connectivity index (χ0v) is 13.2. The molecule has 7 nitrogen and oxygen atoms in total. The van der Waals surface area contributed by atoms with Crippen molar-refractivity contribution in [3.63, 3.8) is 0 Å². The number of carbonyl (C=O) groups is 3. The number of hydrogen-bond donors (Lipinski definition) is 2. The maximum absolute atomic E-state index is 12.5. The Kier molecular flexibility index (Phi) is 5.76. The van der Waals surface area contributed by atoms with Crippen LogP contribution < -0.4 is 10.6 Å². The Balaban J connectivity index is 1.79. The second-order valence-corrected chi connectivity index (χ2v) is 5.98. The number of nitrogens with zero attached hydrogens (tertiary/aromatic N) is 1. The van der Waals surface area contributed by atoms with Crippen LogP contribution >= 0.6 is 0 Å². The number of urea groups is 1. The number of imide groups is 1. The van der Waals surface area contributed by atoms with E-state index in [0.717, 1.165) is 25.7 Å². The summed E-state index contributed by atoms with van der Waals surface area (Å²) in [7, 11) is 1.61. The van der Waals surface area contributed by atoms with Gasteiger partial charge in [-0.05, 0) is 19.3 Å². The van der Waals surface area contributed by atoms with Gasteiger partial charge in [0.15, 0.2) is 0 Å². The number of rotatable bonds is 7. The molecule has 1 saturated heterocycles. The highest BCUT2D eigenvalue weighted by atomic mass is 16.5. The Morgan fingerprint density at radius 3 is 2.73 bits per heavy atom. The molecule has 0 atom stereocenters. The highest BCUT2D eigenvalue weighted by Crippen LogP contribution is 2.33. The zero-order valence-electron chi connectivity index (χ0n) is 13.2. The molecule has 22 heavy (non-hydrogen) atoms. The van der Waals surface area contributed by atoms with Crippen molar-refractivity contribution < 1.29 is 19.1 Å². The van der Waals surface area contributed by atoms with Crippen molar-refractivity contribution in [3.8, 4) is 0 Å². The summed E-state index contributed by atoms with van der Waals surface area (Å²) in [5.41, 5.74) is -0.704. The van der Waals surface area contributed by atoms with Gasteiger partial charge < -0.3 is 15.4 Å². The first-order valence-electron chi connectivity index (χ1n) is 7.99. The van der Waals surface area contributed by atoms with Gasteiger partial charge in [0.05, 0.1) is 0 Å². The molecule has 1 saturated carbocycles. The molecule has 4 amide bonds. The molecule has 0 aromatic heterocycles. The van der Waals surface area contributed by atoms with E-state index in [1.54, 1.807) is 7.11 Å². The first-order chi connectivity index (χ1) is 10.6. The first kappa shape index (κ1) is 16.7. The third-order valence-corrected chi connectivity index (χ3v) is 4.36. The lowest BCUT2D eigenvalue weighted by atomic mass is 9.82. The van der Waals surface area contributed by atoms with Crippen molar-refractivity contribution in [3.05, 3.63) is 0 Å². The third-order valence-electron chi connectivity index (χ3n) is 4.36. The maximum atomic E-state index is 12.5. The zero-order chi connectivity index (χ0) is 16.0. The number of nitrogens with one attached hydrogen (secondary N) is 2. The predicted octanol–water partition coefficient (Wildman–Crippen LogP) is 0.784. The fourth-order valence-corrected chi connectivity index (χ4v) is 3.12. The van der Waals surface area contributed by atoms with Gasteiger partial charge in [0, 0.05) is 33.2 Å². The van der Waals surface area contributed by atoms with E-state index in [-0.39, 0.29) is 30.8 Å². The summed E-state index contributed by atoms with van der Waals surface area (Å²) in [6.45, 7) is 1.27. The average Bonchev–Trinajstić information content (AvgIpc) is 2.73. The fraction of sp³-hybridized carbons (Fsp3) is 0.800. The topological polar surface area (TPSA) is 87.7 Å². The SMILES string of the molecule is COCCCNC(=O)CCN1C(=O)NC2(CCCCC2)C1=O. The first-order valence-corrected chi connectivity index (χ1v) is 7.99. The summed E-state index contributed by atoms with van der Waals surface area (Å²) >= 11 is 0. The highest BCUT2D eigenvalue weighted by Gasteiger charge is 2.50. The van der Waals surface area contributed by atoms with Crippen LogP contribution in [0.25, 0.3) is 0 Å². The Bertz CT molecular complexity index is 433. The van der Waals surface area contributed by atoms with Crippen molar-refractivity contribution in [2.45, 2.75) is 50.5 Å². The normalized spacial score (nSPS) is 20.3. The van der Waals surface area contributed by atoms with Gasteiger partial charge in [0.25, 0.3) is 5.91 Å². The largest absolute Gasteiger partial charge is 0.385 e. The lowest BCUT2D eigenvalue weighted by molar-refractivity contribution is -0.132. The molecule has 1 aliphatic carbocycles. The minimum Gasteiger partial charge on any atom is -0.385 e. The lowest BCUT2D eigenvalue weighted by Crippen LogP contribution is -2.48. The van der Waals surface area contributed by atoms with Crippen molar-refractivity contribution >= 4 is 17.8 Å². The van der Waals surface area contributed by atoms with Crippen LogP contribution in [-0.4, -0.2) is 55.1 Å². The second-order valence-electron chi connectivity index (χ2n) is 5.98. The number of carbonyl (C=O) groups excluding carboxylic acids is 3. The summed E-state index contributed by atoms with van der Waals surface area (Å²) in [6, 6.07) is -0.362. The Hall–Kier alpha value is -1.63. The van der Waals surface area contributed by atoms with E-state index < -0.39 is 5.54 Å². The number of ether oxygens (including phenoxy) is 1. The van der Waals surface area contributed by atoms with Gasteiger partial charge in [0.1, 0.15) is 5.54 Å². The Morgan fingerprint density at radius 2 is 2.05 bits per heavy atom. The molecule has 2 aliphatic rings. The molecule has 2 fully saturated rings. The molecule has 7 heteroatoms. The molecular formula is C15H25N3O4. The summed E-state index contributed by atoms with van der Waals surface area (Å²) in [5.74, 6) is -0.314. The van der Waals surface area contributed by atoms with E-state index in [9.17, 15) is 14.4 Å². The summed E-state index contributed by atoms with van der Waals surface area (Å²) in [4.78, 5) is 37.4. The molecule has 1 aliphatic heterocycles. The fourth-order valence-electron chi connectivity index (χ4n) is 3.12. The lowest BCUT2D eigenvalue weighted by Gasteiger charge is -2.30. The highest BCUT2D eigenvalue weighted by molar-refractivity contribution is 6.07. The maximum Gasteiger partial charge on any atom is 0.325 e. The molecule has 2 N–H and O–H groups in total. The van der Waals surface area contributed by atoms with Gasteiger partial charge in [-0.2, -0.15) is 0 Å². The van der Waals surface area contributed by atoms with Crippen LogP contribution in [0.5, 0.6) is 0 Å². The Labute approximate surface area is 130 Å². The van der Waals surface area contributed by atoms with Crippen LogP contribution in [0.15, 0.2) is 0 Å². The smallest absolute Gasteiger partial charge is 0.325 e. The summed E-state index contributed by atoms with van der Waals surface area (Å²) < 4.78 is 4.90. The van der Waals surface area contributed by atoms with Gasteiger partial charge in [0.2, 0.25) is 5.91 Å². The molecule has 124 valence electrons. The summed E-state index contributed by atoms with van der Waals surface area (Å²) in [5, 5.41) is 5.60. The Morgan fingerprint density at radius 1 is 1.32 bits per heavy atom. The van der Waals surface area contributed by atoms with Crippen LogP contribution in [0, 0.1) is 0 Å². The molecule has 0 aromatic carbocycles. The van der Waals surface area contributed by atoms with Gasteiger partial charge in [-0.3, -0.25) is 14.5 Å². The van der Waals surface area contributed by atoms with E-state index in [1.807, 2.05) is 0 Å². The number of amides is 4. The molecule has 0 unspecified atom stereocenters. The van der Waals surface area contributed by atoms with Gasteiger partial charge >= 0.3 is 6.03 Å². The minimum absolute atomic E-state index is 0.141. The predicted molar refractivity (Wildman–Crippen MR) is 80.2 cm³/mol.